The van der Waals surface area contributed by atoms with E-state index in [4.69, 9.17) is 0 Å². The lowest BCUT2D eigenvalue weighted by Crippen LogP contribution is -2.53. The zero-order valence-electron chi connectivity index (χ0n) is 11.2. The van der Waals surface area contributed by atoms with E-state index in [0.717, 1.165) is 0 Å². The van der Waals surface area contributed by atoms with Crippen molar-refractivity contribution < 1.29 is 0 Å². The summed E-state index contributed by atoms with van der Waals surface area (Å²) >= 11 is 0. The third-order valence-corrected chi connectivity index (χ3v) is 2.77. The molecule has 1 rings (SSSR count). The molecule has 0 aromatic heterocycles. The molecule has 0 amide bonds. The fourth-order valence-electron chi connectivity index (χ4n) is 2.01. The van der Waals surface area contributed by atoms with Gasteiger partial charge in [0.05, 0.1) is 0 Å². The summed E-state index contributed by atoms with van der Waals surface area (Å²) in [4.78, 5) is 2.36. The molecule has 1 aliphatic rings. The Balaban J connectivity index is 2.90. The van der Waals surface area contributed by atoms with Crippen LogP contribution in [0.4, 0.5) is 0 Å². The average molecular weight is 211 g/mol. The quantitative estimate of drug-likeness (QED) is 0.699. The highest BCUT2D eigenvalue weighted by molar-refractivity contribution is 5.58. The van der Waals surface area contributed by atoms with E-state index in [0.29, 0.717) is 18.1 Å². The molecule has 0 spiro atoms. The van der Waals surface area contributed by atoms with Crippen LogP contribution < -0.4 is 0 Å². The zero-order chi connectivity index (χ0) is 11.8. The molecule has 0 saturated heterocycles. The van der Waals surface area contributed by atoms with Crippen LogP contribution in [0.2, 0.25) is 0 Å². The van der Waals surface area contributed by atoms with Gasteiger partial charge in [-0.15, -0.1) is 0 Å². The largest absolute Gasteiger partial charge is 0.334 e. The maximum absolute atomic E-state index is 4.52. The summed E-state index contributed by atoms with van der Waals surface area (Å²) in [7, 11) is 0. The first-order valence-electron chi connectivity index (χ1n) is 5.86. The van der Waals surface area contributed by atoms with Crippen molar-refractivity contribution in [3.8, 4) is 0 Å². The topological polar surface area (TPSA) is 18.8 Å². The first-order valence-corrected chi connectivity index (χ1v) is 5.86. The molecule has 1 aliphatic heterocycles. The minimum atomic E-state index is 0.141. The van der Waals surface area contributed by atoms with Crippen LogP contribution in [0.25, 0.3) is 0 Å². The molecule has 1 unspecified atom stereocenters. The van der Waals surface area contributed by atoms with Crippen LogP contribution >= 0.6 is 0 Å². The van der Waals surface area contributed by atoms with Crippen LogP contribution in [0.5, 0.6) is 0 Å². The molecule has 3 nitrogen and oxygen atoms in total. The lowest BCUT2D eigenvalue weighted by molar-refractivity contribution is 0.0234. The van der Waals surface area contributed by atoms with E-state index >= 15 is 0 Å². The Kier molecular flexibility index (Phi) is 3.31. The Morgan fingerprint density at radius 2 is 1.67 bits per heavy atom. The van der Waals surface area contributed by atoms with Crippen LogP contribution in [-0.4, -0.2) is 34.0 Å². The predicted octanol–water partition coefficient (Wildman–Crippen LogP) is 2.74. The Hall–Kier alpha value is -0.730. The van der Waals surface area contributed by atoms with Gasteiger partial charge in [-0.1, -0.05) is 13.8 Å². The van der Waals surface area contributed by atoms with Crippen molar-refractivity contribution in [1.82, 2.24) is 9.91 Å². The predicted molar refractivity (Wildman–Crippen MR) is 65.7 cm³/mol. The van der Waals surface area contributed by atoms with Crippen molar-refractivity contribution in [2.45, 2.75) is 66.2 Å². The smallest absolute Gasteiger partial charge is 0.122 e. The van der Waals surface area contributed by atoms with Gasteiger partial charge in [-0.3, -0.25) is 5.01 Å². The van der Waals surface area contributed by atoms with Crippen molar-refractivity contribution in [2.24, 2.45) is 11.0 Å². The SMILES string of the molecule is CC(C)C1N(C(C)C)N=CN1C(C)(C)C. The Bertz CT molecular complexity index is 238. The summed E-state index contributed by atoms with van der Waals surface area (Å²) < 4.78 is 0. The van der Waals surface area contributed by atoms with E-state index in [1.165, 1.54) is 0 Å². The van der Waals surface area contributed by atoms with E-state index in [2.05, 4.69) is 63.5 Å². The van der Waals surface area contributed by atoms with E-state index in [9.17, 15) is 0 Å². The zero-order valence-corrected chi connectivity index (χ0v) is 11.2. The van der Waals surface area contributed by atoms with E-state index < -0.39 is 0 Å². The number of hydrogen-bond acceptors (Lipinski definition) is 3. The van der Waals surface area contributed by atoms with Crippen molar-refractivity contribution in [1.29, 1.82) is 0 Å². The Labute approximate surface area is 94.1 Å². The molecule has 0 radical (unpaired) electrons. The van der Waals surface area contributed by atoms with Gasteiger partial charge in [0.1, 0.15) is 12.5 Å². The molecule has 1 atom stereocenters. The first-order chi connectivity index (χ1) is 6.75. The molecule has 0 bridgehead atoms. The number of hydrogen-bond donors (Lipinski definition) is 0. The molecule has 0 aromatic carbocycles. The molecule has 3 heteroatoms. The highest BCUT2D eigenvalue weighted by atomic mass is 15.6. The van der Waals surface area contributed by atoms with Gasteiger partial charge in [0.2, 0.25) is 0 Å². The Morgan fingerprint density at radius 3 is 2.00 bits per heavy atom. The standard InChI is InChI=1S/C12H25N3/c1-9(2)11-14(12(5,6)7)8-13-15(11)10(3)4/h8-11H,1-7H3. The highest BCUT2D eigenvalue weighted by Crippen LogP contribution is 2.28. The molecule has 88 valence electrons. The minimum Gasteiger partial charge on any atom is -0.334 e. The van der Waals surface area contributed by atoms with Crippen LogP contribution in [0.15, 0.2) is 5.10 Å². The number of rotatable bonds is 2. The van der Waals surface area contributed by atoms with Gasteiger partial charge in [0.25, 0.3) is 0 Å². The highest BCUT2D eigenvalue weighted by Gasteiger charge is 2.37. The average Bonchev–Trinajstić information content (AvgIpc) is 2.45. The van der Waals surface area contributed by atoms with Gasteiger partial charge >= 0.3 is 0 Å². The molecule has 1 heterocycles. The normalized spacial score (nSPS) is 22.3. The van der Waals surface area contributed by atoms with Gasteiger partial charge in [0.15, 0.2) is 0 Å². The molecule has 0 fully saturated rings. The fraction of sp³-hybridized carbons (Fsp3) is 0.917. The van der Waals surface area contributed by atoms with Crippen molar-refractivity contribution in [3.63, 3.8) is 0 Å². The van der Waals surface area contributed by atoms with Crippen LogP contribution in [-0.2, 0) is 0 Å². The molecule has 0 aromatic rings. The fourth-order valence-corrected chi connectivity index (χ4v) is 2.01. The van der Waals surface area contributed by atoms with Crippen LogP contribution in [0.1, 0.15) is 48.5 Å². The monoisotopic (exact) mass is 211 g/mol. The second kappa shape index (κ2) is 4.03. The summed E-state index contributed by atoms with van der Waals surface area (Å²) in [5.41, 5.74) is 0.141. The summed E-state index contributed by atoms with van der Waals surface area (Å²) in [6, 6.07) is 0.459. The van der Waals surface area contributed by atoms with Crippen LogP contribution in [0.3, 0.4) is 0 Å². The first kappa shape index (κ1) is 12.3. The van der Waals surface area contributed by atoms with Gasteiger partial charge in [-0.2, -0.15) is 5.10 Å². The second-order valence-corrected chi connectivity index (χ2v) is 5.94. The molecule has 0 N–H and O–H groups in total. The van der Waals surface area contributed by atoms with E-state index in [-0.39, 0.29) is 5.54 Å². The van der Waals surface area contributed by atoms with Crippen molar-refractivity contribution >= 4 is 6.34 Å². The Morgan fingerprint density at radius 1 is 1.13 bits per heavy atom. The maximum atomic E-state index is 4.52. The van der Waals surface area contributed by atoms with E-state index in [1.807, 2.05) is 6.34 Å². The molecule has 0 saturated carbocycles. The van der Waals surface area contributed by atoms with Gasteiger partial charge in [-0.25, -0.2) is 0 Å². The molecule has 15 heavy (non-hydrogen) atoms. The third kappa shape index (κ3) is 2.44. The number of nitrogens with zero attached hydrogens (tertiary/aromatic N) is 3. The van der Waals surface area contributed by atoms with Gasteiger partial charge < -0.3 is 4.90 Å². The summed E-state index contributed by atoms with van der Waals surface area (Å²) in [5.74, 6) is 0.578. The maximum Gasteiger partial charge on any atom is 0.122 e. The lowest BCUT2D eigenvalue weighted by Gasteiger charge is -2.42. The third-order valence-electron chi connectivity index (χ3n) is 2.77. The number of hydrazone groups is 1. The lowest BCUT2D eigenvalue weighted by atomic mass is 10.0. The minimum absolute atomic E-state index is 0.141. The molecule has 0 aliphatic carbocycles. The van der Waals surface area contributed by atoms with Crippen LogP contribution in [0, 0.1) is 5.92 Å². The van der Waals surface area contributed by atoms with Gasteiger partial charge in [0, 0.05) is 11.6 Å². The molecular weight excluding hydrogens is 186 g/mol. The summed E-state index contributed by atoms with van der Waals surface area (Å²) in [6.45, 7) is 15.6. The van der Waals surface area contributed by atoms with Gasteiger partial charge in [-0.05, 0) is 40.5 Å². The summed E-state index contributed by atoms with van der Waals surface area (Å²) in [6.07, 6.45) is 2.38. The van der Waals surface area contributed by atoms with Crippen molar-refractivity contribution in [2.75, 3.05) is 0 Å². The van der Waals surface area contributed by atoms with Crippen molar-refractivity contribution in [3.05, 3.63) is 0 Å². The second-order valence-electron chi connectivity index (χ2n) is 5.94. The van der Waals surface area contributed by atoms with E-state index in [1.54, 1.807) is 0 Å². The summed E-state index contributed by atoms with van der Waals surface area (Å²) in [5, 5.41) is 6.72. The molecular formula is C12H25N3.